The van der Waals surface area contributed by atoms with Gasteiger partial charge in [-0.05, 0) is 24.5 Å². The van der Waals surface area contributed by atoms with Crippen LogP contribution < -0.4 is 11.2 Å². The van der Waals surface area contributed by atoms with Crippen LogP contribution in [0.15, 0.2) is 34.1 Å². The second-order valence-electron chi connectivity index (χ2n) is 8.11. The molecule has 4 rings (SSSR count). The number of fused-ring (bicyclic) bond motifs is 1. The number of aromatic nitrogens is 7. The Morgan fingerprint density at radius 2 is 1.88 bits per heavy atom. The van der Waals surface area contributed by atoms with Crippen molar-refractivity contribution in [2.24, 2.45) is 5.92 Å². The molecule has 0 unspecified atom stereocenters. The van der Waals surface area contributed by atoms with Crippen molar-refractivity contribution in [2.75, 3.05) is 0 Å². The van der Waals surface area contributed by atoms with E-state index in [4.69, 9.17) is 0 Å². The van der Waals surface area contributed by atoms with Crippen LogP contribution in [0.2, 0.25) is 0 Å². The van der Waals surface area contributed by atoms with Crippen LogP contribution in [0.25, 0.3) is 22.6 Å². The van der Waals surface area contributed by atoms with Gasteiger partial charge in [0, 0.05) is 25.7 Å². The lowest BCUT2D eigenvalue weighted by atomic mass is 10.1. The monoisotopic (exact) mass is 461 g/mol. The molecule has 0 aliphatic rings. The molecule has 12 heteroatoms. The highest BCUT2D eigenvalue weighted by molar-refractivity contribution is 5.76. The Morgan fingerprint density at radius 1 is 1.12 bits per heavy atom. The van der Waals surface area contributed by atoms with Crippen molar-refractivity contribution in [3.63, 3.8) is 0 Å². The second kappa shape index (κ2) is 8.34. The molecule has 0 aromatic carbocycles. The number of aryl methyl sites for hydroxylation is 1. The van der Waals surface area contributed by atoms with Crippen LogP contribution in [0.3, 0.4) is 0 Å². The van der Waals surface area contributed by atoms with Crippen LogP contribution in [-0.4, -0.2) is 34.3 Å². The lowest BCUT2D eigenvalue weighted by Gasteiger charge is -2.11. The first-order chi connectivity index (χ1) is 15.6. The molecular weight excluding hydrogens is 439 g/mol. The summed E-state index contributed by atoms with van der Waals surface area (Å²) in [5.41, 5.74) is 0.243. The number of rotatable bonds is 6. The highest BCUT2D eigenvalue weighted by Gasteiger charge is 2.32. The Morgan fingerprint density at radius 3 is 2.48 bits per heavy atom. The molecule has 174 valence electrons. The molecule has 4 aromatic heterocycles. The maximum Gasteiger partial charge on any atom is 0.433 e. The number of nitrogens with one attached hydrogen (secondary N) is 2. The van der Waals surface area contributed by atoms with Gasteiger partial charge in [-0.15, -0.1) is 0 Å². The van der Waals surface area contributed by atoms with Gasteiger partial charge in [0.25, 0.3) is 5.56 Å². The zero-order valence-electron chi connectivity index (χ0n) is 18.2. The molecule has 0 aliphatic heterocycles. The Labute approximate surface area is 185 Å². The maximum absolute atomic E-state index is 13.0. The number of aromatic amines is 2. The summed E-state index contributed by atoms with van der Waals surface area (Å²) in [7, 11) is 0. The molecule has 0 atom stereocenters. The lowest BCUT2D eigenvalue weighted by molar-refractivity contribution is -0.141. The van der Waals surface area contributed by atoms with E-state index in [0.29, 0.717) is 29.2 Å². The molecular formula is C21H22F3N7O2. The number of imidazole rings is 1. The van der Waals surface area contributed by atoms with Crippen LogP contribution in [0, 0.1) is 5.92 Å². The average molecular weight is 461 g/mol. The number of hydrogen-bond donors (Lipinski definition) is 2. The van der Waals surface area contributed by atoms with Gasteiger partial charge in [0.2, 0.25) is 0 Å². The van der Waals surface area contributed by atoms with Crippen LogP contribution >= 0.6 is 0 Å². The Balaban J connectivity index is 1.76. The van der Waals surface area contributed by atoms with Gasteiger partial charge in [-0.2, -0.15) is 18.3 Å². The van der Waals surface area contributed by atoms with E-state index in [1.807, 2.05) is 13.8 Å². The number of pyridine rings is 1. The predicted octanol–water partition coefficient (Wildman–Crippen LogP) is 2.96. The molecule has 0 radical (unpaired) electrons. The second-order valence-corrected chi connectivity index (χ2v) is 8.11. The zero-order valence-corrected chi connectivity index (χ0v) is 18.2. The van der Waals surface area contributed by atoms with Gasteiger partial charge in [-0.25, -0.2) is 9.78 Å². The normalized spacial score (nSPS) is 12.2. The number of halogens is 3. The first-order valence-corrected chi connectivity index (χ1v) is 10.4. The lowest BCUT2D eigenvalue weighted by Crippen LogP contribution is -2.40. The molecule has 0 amide bonds. The Kier molecular flexibility index (Phi) is 5.68. The maximum atomic E-state index is 13.0. The summed E-state index contributed by atoms with van der Waals surface area (Å²) in [5.74, 6) is 0.424. The van der Waals surface area contributed by atoms with E-state index in [1.54, 1.807) is 6.92 Å². The van der Waals surface area contributed by atoms with Crippen molar-refractivity contribution >= 4 is 11.2 Å². The molecule has 0 spiro atoms. The summed E-state index contributed by atoms with van der Waals surface area (Å²) in [6.07, 6.45) is -1.63. The molecule has 0 saturated carbocycles. The quantitative estimate of drug-likeness (QED) is 0.458. The van der Waals surface area contributed by atoms with Gasteiger partial charge in [0.1, 0.15) is 17.0 Å². The van der Waals surface area contributed by atoms with Crippen molar-refractivity contribution < 1.29 is 13.2 Å². The number of hydrogen-bond acceptors (Lipinski definition) is 5. The van der Waals surface area contributed by atoms with Gasteiger partial charge in [0.15, 0.2) is 5.65 Å². The predicted molar refractivity (Wildman–Crippen MR) is 115 cm³/mol. The molecule has 0 saturated heterocycles. The van der Waals surface area contributed by atoms with E-state index in [0.717, 1.165) is 12.3 Å². The fourth-order valence-corrected chi connectivity index (χ4v) is 3.66. The van der Waals surface area contributed by atoms with Gasteiger partial charge in [-0.3, -0.25) is 24.0 Å². The minimum atomic E-state index is -4.51. The van der Waals surface area contributed by atoms with Gasteiger partial charge >= 0.3 is 11.9 Å². The first-order valence-electron chi connectivity index (χ1n) is 10.4. The smallest absolute Gasteiger partial charge is 0.332 e. The van der Waals surface area contributed by atoms with Crippen molar-refractivity contribution in [2.45, 2.75) is 46.5 Å². The summed E-state index contributed by atoms with van der Waals surface area (Å²) in [5, 5.41) is 6.85. The van der Waals surface area contributed by atoms with E-state index in [9.17, 15) is 22.8 Å². The SMILES string of the molecule is CCn1c(=O)n(CC(C)C)c(=O)c2[nH]c(-c3cn[nH]c3Cc3ccc(C(F)(F)F)nc3)nc21. The Hall–Kier alpha value is -3.70. The van der Waals surface area contributed by atoms with E-state index < -0.39 is 23.1 Å². The van der Waals surface area contributed by atoms with Crippen molar-refractivity contribution in [3.05, 3.63) is 62.3 Å². The van der Waals surface area contributed by atoms with Gasteiger partial charge < -0.3 is 4.98 Å². The highest BCUT2D eigenvalue weighted by atomic mass is 19.4. The topological polar surface area (TPSA) is 114 Å². The van der Waals surface area contributed by atoms with E-state index in [2.05, 4.69) is 25.1 Å². The molecule has 0 bridgehead atoms. The minimum Gasteiger partial charge on any atom is -0.332 e. The van der Waals surface area contributed by atoms with E-state index >= 15 is 0 Å². The van der Waals surface area contributed by atoms with E-state index in [-0.39, 0.29) is 30.0 Å². The number of alkyl halides is 3. The molecule has 4 heterocycles. The molecule has 4 aromatic rings. The van der Waals surface area contributed by atoms with Crippen LogP contribution in [0.1, 0.15) is 37.7 Å². The fourth-order valence-electron chi connectivity index (χ4n) is 3.66. The fraction of sp³-hybridized carbons (Fsp3) is 0.381. The first kappa shape index (κ1) is 22.5. The number of nitrogens with zero attached hydrogens (tertiary/aromatic N) is 5. The van der Waals surface area contributed by atoms with Crippen LogP contribution in [0.5, 0.6) is 0 Å². The highest BCUT2D eigenvalue weighted by Crippen LogP contribution is 2.28. The summed E-state index contributed by atoms with van der Waals surface area (Å²) in [4.78, 5) is 36.8. The standard InChI is InChI=1S/C21H22F3N7O2/c1-4-30-18-16(19(32)31(20(30)33)10-11(2)3)27-17(28-18)13-9-26-29-14(13)7-12-5-6-15(25-8-12)21(22,23)24/h5-6,8-9,11H,4,7,10H2,1-3H3,(H,26,29)(H,27,28). The summed E-state index contributed by atoms with van der Waals surface area (Å²) < 4.78 is 40.9. The van der Waals surface area contributed by atoms with Crippen LogP contribution in [-0.2, 0) is 25.7 Å². The zero-order chi connectivity index (χ0) is 23.9. The third kappa shape index (κ3) is 4.20. The third-order valence-corrected chi connectivity index (χ3v) is 5.19. The third-order valence-electron chi connectivity index (χ3n) is 5.19. The van der Waals surface area contributed by atoms with E-state index in [1.165, 1.54) is 21.4 Å². The minimum absolute atomic E-state index is 0.0957. The molecule has 33 heavy (non-hydrogen) atoms. The summed E-state index contributed by atoms with van der Waals surface area (Å²) >= 11 is 0. The largest absolute Gasteiger partial charge is 0.433 e. The average Bonchev–Trinajstić information content (AvgIpc) is 3.38. The van der Waals surface area contributed by atoms with Crippen molar-refractivity contribution in [3.8, 4) is 11.4 Å². The van der Waals surface area contributed by atoms with Crippen molar-refractivity contribution in [1.29, 1.82) is 0 Å². The molecule has 0 aliphatic carbocycles. The Bertz CT molecular complexity index is 1410. The summed E-state index contributed by atoms with van der Waals surface area (Å²) in [6, 6.07) is 2.27. The van der Waals surface area contributed by atoms with Crippen LogP contribution in [0.4, 0.5) is 13.2 Å². The van der Waals surface area contributed by atoms with Crippen molar-refractivity contribution in [1.82, 2.24) is 34.3 Å². The van der Waals surface area contributed by atoms with Gasteiger partial charge in [-0.1, -0.05) is 19.9 Å². The molecule has 9 nitrogen and oxygen atoms in total. The van der Waals surface area contributed by atoms with Gasteiger partial charge in [0.05, 0.1) is 17.5 Å². The molecule has 0 fully saturated rings. The molecule has 2 N–H and O–H groups in total. The summed E-state index contributed by atoms with van der Waals surface area (Å²) in [6.45, 7) is 6.23. The number of H-pyrrole nitrogens is 2.